The number of amides is 1. The number of ether oxygens (including phenoxy) is 2. The lowest BCUT2D eigenvalue weighted by atomic mass is 9.99. The molecule has 0 spiro atoms. The zero-order valence-electron chi connectivity index (χ0n) is 15.4. The average Bonchev–Trinajstić information content (AvgIpc) is 3.11. The summed E-state index contributed by atoms with van der Waals surface area (Å²) < 4.78 is 17.4. The van der Waals surface area contributed by atoms with Crippen molar-refractivity contribution < 1.29 is 18.7 Å². The highest BCUT2D eigenvalue weighted by Gasteiger charge is 2.24. The van der Waals surface area contributed by atoms with Gasteiger partial charge < -0.3 is 18.8 Å². The van der Waals surface area contributed by atoms with Gasteiger partial charge in [0.25, 0.3) is 0 Å². The van der Waals surface area contributed by atoms with E-state index in [1.807, 2.05) is 30.3 Å². The number of carbonyl (C=O) groups is 1. The van der Waals surface area contributed by atoms with Gasteiger partial charge in [-0.05, 0) is 24.8 Å². The van der Waals surface area contributed by atoms with Gasteiger partial charge >= 0.3 is 11.8 Å². The fraction of sp³-hybridized carbons (Fsp3) is 0.500. The highest BCUT2D eigenvalue weighted by atomic mass is 16.6. The molecule has 0 radical (unpaired) electrons. The van der Waals surface area contributed by atoms with Crippen LogP contribution in [0.15, 0.2) is 52.0 Å². The van der Waals surface area contributed by atoms with Gasteiger partial charge in [0.05, 0.1) is 6.61 Å². The molecule has 0 saturated carbocycles. The number of carbonyl (C=O) groups excluding carboxylic acids is 1. The first kappa shape index (κ1) is 19.2. The average molecular weight is 374 g/mol. The highest BCUT2D eigenvalue weighted by molar-refractivity contribution is 5.67. The molecule has 1 aromatic heterocycles. The Kier molecular flexibility index (Phi) is 7.10. The predicted octanol–water partition coefficient (Wildman–Crippen LogP) is 2.90. The van der Waals surface area contributed by atoms with Crippen molar-refractivity contribution in [3.8, 4) is 0 Å². The Morgan fingerprint density at radius 3 is 2.89 bits per heavy atom. The molecule has 2 aromatic rings. The number of nitrogens with zero attached hydrogens (tertiary/aromatic N) is 2. The minimum absolute atomic E-state index is 0.261. The van der Waals surface area contributed by atoms with Crippen LogP contribution in [0.5, 0.6) is 0 Å². The molecule has 1 atom stereocenters. The first-order chi connectivity index (χ1) is 13.2. The first-order valence-corrected chi connectivity index (χ1v) is 9.39. The Bertz CT molecular complexity index is 755. The Hall–Kier alpha value is -2.54. The summed E-state index contributed by atoms with van der Waals surface area (Å²) in [5.74, 6) is -0.0217. The second-order valence-corrected chi connectivity index (χ2v) is 6.79. The molecule has 2 heterocycles. The molecular weight excluding hydrogens is 348 g/mol. The molecule has 0 N–H and O–H groups in total. The lowest BCUT2D eigenvalue weighted by Crippen LogP contribution is -2.41. The topological polar surface area (TPSA) is 73.9 Å². The van der Waals surface area contributed by atoms with E-state index in [1.54, 1.807) is 11.1 Å². The first-order valence-electron chi connectivity index (χ1n) is 9.39. The maximum atomic E-state index is 12.3. The zero-order chi connectivity index (χ0) is 18.9. The summed E-state index contributed by atoms with van der Waals surface area (Å²) in [6.07, 6.45) is 5.50. The van der Waals surface area contributed by atoms with E-state index in [-0.39, 0.29) is 11.8 Å². The summed E-state index contributed by atoms with van der Waals surface area (Å²) in [7, 11) is 0. The van der Waals surface area contributed by atoms with Gasteiger partial charge in [-0.15, -0.1) is 0 Å². The quantitative estimate of drug-likeness (QED) is 0.664. The van der Waals surface area contributed by atoms with Gasteiger partial charge in [0, 0.05) is 38.4 Å². The number of hydrogen-bond donors (Lipinski definition) is 0. The second-order valence-electron chi connectivity index (χ2n) is 6.79. The molecule has 27 heavy (non-hydrogen) atoms. The Morgan fingerprint density at radius 1 is 1.26 bits per heavy atom. The third-order valence-electron chi connectivity index (χ3n) is 4.67. The van der Waals surface area contributed by atoms with Crippen LogP contribution in [0.1, 0.15) is 24.8 Å². The summed E-state index contributed by atoms with van der Waals surface area (Å²) in [6.45, 7) is 3.46. The number of piperidine rings is 1. The van der Waals surface area contributed by atoms with Crippen molar-refractivity contribution in [2.45, 2.75) is 32.4 Å². The minimum Gasteiger partial charge on any atom is -0.445 e. The van der Waals surface area contributed by atoms with E-state index >= 15 is 0 Å². The fourth-order valence-electron chi connectivity index (χ4n) is 3.22. The lowest BCUT2D eigenvalue weighted by molar-refractivity contribution is 0.0446. The molecule has 1 fully saturated rings. The number of oxazole rings is 1. The standard InChI is InChI=1S/C20H26N2O5/c23-19-21(11-13-26-19)10-5-12-25-15-18-8-4-9-22(14-18)20(24)27-16-17-6-2-1-3-7-17/h1-3,6-7,11,13,18H,4-5,8-10,12,14-16H2. The van der Waals surface area contributed by atoms with Crippen molar-refractivity contribution in [2.24, 2.45) is 5.92 Å². The largest absolute Gasteiger partial charge is 0.445 e. The van der Waals surface area contributed by atoms with Gasteiger partial charge in [0.15, 0.2) is 0 Å². The van der Waals surface area contributed by atoms with Gasteiger partial charge in [-0.1, -0.05) is 30.3 Å². The van der Waals surface area contributed by atoms with Gasteiger partial charge in [-0.25, -0.2) is 9.59 Å². The van der Waals surface area contributed by atoms with Crippen LogP contribution in [0.2, 0.25) is 0 Å². The fourth-order valence-corrected chi connectivity index (χ4v) is 3.22. The van der Waals surface area contributed by atoms with Gasteiger partial charge in [-0.2, -0.15) is 0 Å². The summed E-state index contributed by atoms with van der Waals surface area (Å²) in [4.78, 5) is 25.3. The Labute approximate surface area is 158 Å². The normalized spacial score (nSPS) is 17.0. The molecule has 146 valence electrons. The molecule has 1 unspecified atom stereocenters. The molecule has 1 saturated heterocycles. The van der Waals surface area contributed by atoms with Crippen LogP contribution in [-0.2, 0) is 22.6 Å². The van der Waals surface area contributed by atoms with E-state index in [4.69, 9.17) is 13.9 Å². The molecule has 3 rings (SSSR count). The number of hydrogen-bond acceptors (Lipinski definition) is 5. The summed E-state index contributed by atoms with van der Waals surface area (Å²) >= 11 is 0. The summed E-state index contributed by atoms with van der Waals surface area (Å²) in [6, 6.07) is 9.68. The molecule has 7 heteroatoms. The van der Waals surface area contributed by atoms with Crippen molar-refractivity contribution in [2.75, 3.05) is 26.3 Å². The van der Waals surface area contributed by atoms with Crippen LogP contribution in [0, 0.1) is 5.92 Å². The molecule has 1 amide bonds. The number of aromatic nitrogens is 1. The molecule has 0 bridgehead atoms. The number of likely N-dealkylation sites (tertiary alicyclic amines) is 1. The summed E-state index contributed by atoms with van der Waals surface area (Å²) in [5.41, 5.74) is 0.986. The van der Waals surface area contributed by atoms with Crippen molar-refractivity contribution in [3.63, 3.8) is 0 Å². The van der Waals surface area contributed by atoms with Gasteiger partial charge in [0.1, 0.15) is 12.9 Å². The van der Waals surface area contributed by atoms with E-state index in [0.717, 1.165) is 31.4 Å². The number of aryl methyl sites for hydroxylation is 1. The van der Waals surface area contributed by atoms with E-state index in [0.29, 0.717) is 38.8 Å². The van der Waals surface area contributed by atoms with Crippen molar-refractivity contribution in [1.29, 1.82) is 0 Å². The molecule has 1 aliphatic heterocycles. The monoisotopic (exact) mass is 374 g/mol. The lowest BCUT2D eigenvalue weighted by Gasteiger charge is -2.31. The third-order valence-corrected chi connectivity index (χ3v) is 4.67. The van der Waals surface area contributed by atoms with Gasteiger partial charge in [0.2, 0.25) is 0 Å². The van der Waals surface area contributed by atoms with Crippen LogP contribution in [-0.4, -0.2) is 41.9 Å². The van der Waals surface area contributed by atoms with Crippen molar-refractivity contribution in [3.05, 3.63) is 58.9 Å². The number of rotatable bonds is 8. The number of benzene rings is 1. The maximum Gasteiger partial charge on any atom is 0.418 e. The highest BCUT2D eigenvalue weighted by Crippen LogP contribution is 2.18. The minimum atomic E-state index is -0.341. The molecule has 1 aliphatic rings. The SMILES string of the molecule is O=C(OCc1ccccc1)N1CCCC(COCCCn2ccoc2=O)C1. The van der Waals surface area contributed by atoms with Crippen LogP contribution in [0.4, 0.5) is 4.79 Å². The molecular formula is C20H26N2O5. The van der Waals surface area contributed by atoms with Crippen LogP contribution in [0.3, 0.4) is 0 Å². The van der Waals surface area contributed by atoms with Crippen LogP contribution >= 0.6 is 0 Å². The van der Waals surface area contributed by atoms with Crippen molar-refractivity contribution in [1.82, 2.24) is 9.47 Å². The molecule has 0 aliphatic carbocycles. The van der Waals surface area contributed by atoms with Crippen molar-refractivity contribution >= 4 is 6.09 Å². The molecule has 1 aromatic carbocycles. The smallest absolute Gasteiger partial charge is 0.418 e. The zero-order valence-corrected chi connectivity index (χ0v) is 15.4. The van der Waals surface area contributed by atoms with Gasteiger partial charge in [-0.3, -0.25) is 4.57 Å². The maximum absolute atomic E-state index is 12.3. The summed E-state index contributed by atoms with van der Waals surface area (Å²) in [5, 5.41) is 0. The Balaban J connectivity index is 1.33. The van der Waals surface area contributed by atoms with E-state index in [1.165, 1.54) is 10.8 Å². The van der Waals surface area contributed by atoms with E-state index in [9.17, 15) is 9.59 Å². The van der Waals surface area contributed by atoms with E-state index in [2.05, 4.69) is 0 Å². The predicted molar refractivity (Wildman–Crippen MR) is 99.3 cm³/mol. The third kappa shape index (κ3) is 5.99. The van der Waals surface area contributed by atoms with E-state index < -0.39 is 0 Å². The van der Waals surface area contributed by atoms with Crippen LogP contribution in [0.25, 0.3) is 0 Å². The van der Waals surface area contributed by atoms with Crippen LogP contribution < -0.4 is 5.76 Å². The molecule has 7 nitrogen and oxygen atoms in total. The Morgan fingerprint density at radius 2 is 2.11 bits per heavy atom. The second kappa shape index (κ2) is 9.97.